The fourth-order valence-electron chi connectivity index (χ4n) is 4.32. The van der Waals surface area contributed by atoms with Crippen LogP contribution < -0.4 is 0 Å². The average molecular weight is 504 g/mol. The van der Waals surface area contributed by atoms with Gasteiger partial charge in [-0.25, -0.2) is 8.42 Å². The zero-order valence-corrected chi connectivity index (χ0v) is 21.8. The van der Waals surface area contributed by atoms with Crippen molar-refractivity contribution in [1.29, 1.82) is 0 Å². The Morgan fingerprint density at radius 2 is 1.78 bits per heavy atom. The Hall–Kier alpha value is -2.98. The summed E-state index contributed by atoms with van der Waals surface area (Å²) < 4.78 is 28.6. The van der Waals surface area contributed by atoms with E-state index in [0.29, 0.717) is 23.1 Å². The van der Waals surface area contributed by atoms with Gasteiger partial charge in [-0.15, -0.1) is 12.3 Å². The fraction of sp³-hybridized carbons (Fsp3) is 0.300. The molecule has 0 bridgehead atoms. The normalized spacial score (nSPS) is 21.5. The summed E-state index contributed by atoms with van der Waals surface area (Å²) >= 11 is 0. The largest absolute Gasteiger partial charge is 0.388 e. The topological polar surface area (TPSA) is 74.7 Å². The minimum atomic E-state index is -3.88. The monoisotopic (exact) mass is 503 g/mol. The van der Waals surface area contributed by atoms with Crippen LogP contribution in [0.15, 0.2) is 83.4 Å². The number of nitrogens with zero attached hydrogens (tertiary/aromatic N) is 1. The Balaban J connectivity index is 0.000000444. The Labute approximate surface area is 215 Å². The number of carbonyl (C=O) groups excluding carboxylic acids is 1. The van der Waals surface area contributed by atoms with Gasteiger partial charge in [0.05, 0.1) is 17.0 Å². The predicted octanol–water partition coefficient (Wildman–Crippen LogP) is 4.98. The van der Waals surface area contributed by atoms with Crippen molar-refractivity contribution in [2.75, 3.05) is 6.54 Å². The Morgan fingerprint density at radius 3 is 2.44 bits per heavy atom. The highest BCUT2D eigenvalue weighted by Crippen LogP contribution is 2.36. The zero-order chi connectivity index (χ0) is 26.3. The van der Waals surface area contributed by atoms with Crippen molar-refractivity contribution in [3.05, 3.63) is 102 Å². The number of piperidine rings is 1. The average Bonchev–Trinajstić information content (AvgIpc) is 3.18. The number of allylic oxidation sites excluding steroid dienone is 8. The number of aryl methyl sites for hydroxylation is 1. The van der Waals surface area contributed by atoms with E-state index in [1.54, 1.807) is 31.2 Å². The first kappa shape index (κ1) is 27.6. The molecule has 2 aliphatic carbocycles. The molecule has 188 valence electrons. The molecule has 3 unspecified atom stereocenters. The van der Waals surface area contributed by atoms with Crippen molar-refractivity contribution < 1.29 is 18.3 Å². The number of benzene rings is 1. The lowest BCUT2D eigenvalue weighted by molar-refractivity contribution is -0.117. The molecule has 5 nitrogen and oxygen atoms in total. The van der Waals surface area contributed by atoms with E-state index in [9.17, 15) is 18.3 Å². The maximum Gasteiger partial charge on any atom is 0.243 e. The second kappa shape index (κ2) is 12.3. The number of Topliss-reactive ketones (excluding diaryl/α,β-unsaturated/α-hetero) is 1. The number of aliphatic hydroxyl groups is 1. The highest BCUT2D eigenvalue weighted by atomic mass is 32.2. The van der Waals surface area contributed by atoms with E-state index in [0.717, 1.165) is 5.92 Å². The molecule has 1 heterocycles. The van der Waals surface area contributed by atoms with Gasteiger partial charge in [-0.2, -0.15) is 4.31 Å². The lowest BCUT2D eigenvalue weighted by Gasteiger charge is -2.39. The Bertz CT molecular complexity index is 1250. The molecule has 1 aliphatic heterocycles. The summed E-state index contributed by atoms with van der Waals surface area (Å²) in [6.07, 6.45) is 24.4. The third-order valence-electron chi connectivity index (χ3n) is 6.35. The molecule has 0 saturated carbocycles. The van der Waals surface area contributed by atoms with Crippen molar-refractivity contribution in [3.8, 4) is 12.3 Å². The molecule has 3 atom stereocenters. The molecular formula is C30H33NO4S. The molecule has 1 saturated heterocycles. The minimum Gasteiger partial charge on any atom is -0.388 e. The van der Waals surface area contributed by atoms with Gasteiger partial charge in [0, 0.05) is 36.8 Å². The number of ketones is 1. The molecule has 1 N–H and O–H groups in total. The Morgan fingerprint density at radius 1 is 1.11 bits per heavy atom. The number of hydrogen-bond acceptors (Lipinski definition) is 4. The van der Waals surface area contributed by atoms with E-state index >= 15 is 0 Å². The molecule has 0 amide bonds. The summed E-state index contributed by atoms with van der Waals surface area (Å²) in [6.45, 7) is 5.54. The van der Waals surface area contributed by atoms with Gasteiger partial charge in [0.1, 0.15) is 0 Å². The zero-order valence-electron chi connectivity index (χ0n) is 21.0. The number of rotatable bonds is 5. The SMILES string of the molecule is C#CC(C)CC(O)c1ccc(C)c(S(=O)(=O)N2CCC(=O)C3=CC=C[C](C)C32)c1.[CH]1C=CC=CC=C1. The van der Waals surface area contributed by atoms with Gasteiger partial charge in [0.2, 0.25) is 10.0 Å². The summed E-state index contributed by atoms with van der Waals surface area (Å²) in [7, 11) is -3.88. The van der Waals surface area contributed by atoms with E-state index in [4.69, 9.17) is 6.42 Å². The maximum absolute atomic E-state index is 13.6. The number of hydrogen-bond donors (Lipinski definition) is 1. The molecule has 0 aromatic heterocycles. The highest BCUT2D eigenvalue weighted by molar-refractivity contribution is 7.89. The summed E-state index contributed by atoms with van der Waals surface area (Å²) in [6, 6.07) is 4.39. The molecule has 1 aromatic carbocycles. The predicted molar refractivity (Wildman–Crippen MR) is 144 cm³/mol. The third-order valence-corrected chi connectivity index (χ3v) is 8.36. The summed E-state index contributed by atoms with van der Waals surface area (Å²) in [5.74, 6) is 3.25. The second-order valence-corrected chi connectivity index (χ2v) is 11.0. The number of terminal acetylenes is 1. The van der Waals surface area contributed by atoms with Crippen LogP contribution in [-0.2, 0) is 14.8 Å². The van der Waals surface area contributed by atoms with E-state index in [-0.39, 0.29) is 29.6 Å². The van der Waals surface area contributed by atoms with E-state index in [2.05, 4.69) is 5.92 Å². The first-order valence-corrected chi connectivity index (χ1v) is 13.5. The third kappa shape index (κ3) is 6.41. The molecule has 1 fully saturated rings. The smallest absolute Gasteiger partial charge is 0.243 e. The first-order chi connectivity index (χ1) is 17.2. The van der Waals surface area contributed by atoms with Crippen molar-refractivity contribution >= 4 is 15.8 Å². The van der Waals surface area contributed by atoms with Gasteiger partial charge in [-0.05, 0) is 30.5 Å². The van der Waals surface area contributed by atoms with Gasteiger partial charge in [-0.3, -0.25) is 4.79 Å². The van der Waals surface area contributed by atoms with Crippen LogP contribution in [0.1, 0.15) is 43.9 Å². The van der Waals surface area contributed by atoms with E-state index in [1.807, 2.05) is 62.8 Å². The van der Waals surface area contributed by atoms with Crippen LogP contribution in [0.5, 0.6) is 0 Å². The van der Waals surface area contributed by atoms with Crippen LogP contribution in [0.2, 0.25) is 0 Å². The van der Waals surface area contributed by atoms with Crippen LogP contribution >= 0.6 is 0 Å². The molecular weight excluding hydrogens is 470 g/mol. The number of sulfonamides is 1. The minimum absolute atomic E-state index is 0.0192. The van der Waals surface area contributed by atoms with Gasteiger partial charge in [0.25, 0.3) is 0 Å². The van der Waals surface area contributed by atoms with Crippen molar-refractivity contribution in [2.45, 2.75) is 50.7 Å². The van der Waals surface area contributed by atoms with Crippen LogP contribution in [0.4, 0.5) is 0 Å². The number of carbonyl (C=O) groups is 1. The van der Waals surface area contributed by atoms with Crippen LogP contribution in [0.3, 0.4) is 0 Å². The van der Waals surface area contributed by atoms with Gasteiger partial charge in [0.15, 0.2) is 5.78 Å². The van der Waals surface area contributed by atoms with Gasteiger partial charge >= 0.3 is 0 Å². The quantitative estimate of drug-likeness (QED) is 0.575. The highest BCUT2D eigenvalue weighted by Gasteiger charge is 2.43. The molecule has 2 radical (unpaired) electrons. The fourth-order valence-corrected chi connectivity index (χ4v) is 6.22. The molecule has 1 aromatic rings. The van der Waals surface area contributed by atoms with Crippen LogP contribution in [0.25, 0.3) is 0 Å². The summed E-state index contributed by atoms with van der Waals surface area (Å²) in [4.78, 5) is 12.5. The lowest BCUT2D eigenvalue weighted by atomic mass is 9.84. The Kier molecular flexibility index (Phi) is 9.44. The van der Waals surface area contributed by atoms with E-state index < -0.39 is 22.2 Å². The van der Waals surface area contributed by atoms with Crippen molar-refractivity contribution in [1.82, 2.24) is 4.31 Å². The van der Waals surface area contributed by atoms with Crippen molar-refractivity contribution in [3.63, 3.8) is 0 Å². The molecule has 3 aliphatic rings. The maximum atomic E-state index is 13.6. The van der Waals surface area contributed by atoms with Gasteiger partial charge in [-0.1, -0.05) is 80.7 Å². The second-order valence-electron chi connectivity index (χ2n) is 9.11. The van der Waals surface area contributed by atoms with Crippen LogP contribution in [0, 0.1) is 37.5 Å². The first-order valence-electron chi connectivity index (χ1n) is 12.0. The molecule has 4 rings (SSSR count). The van der Waals surface area contributed by atoms with E-state index in [1.165, 1.54) is 10.4 Å². The lowest BCUT2D eigenvalue weighted by Crippen LogP contribution is -2.50. The standard InChI is InChI=1S/C23H26NO4S.C7H7/c1-5-15(2)13-21(26)18-10-9-16(3)22(14-18)29(27,28)24-12-11-20(25)19-8-6-7-17(4)23(19)24;1-2-4-6-7-5-3-1/h1,6-10,14-15,21,23,26H,11-13H2,2-4H3;1-7H. The molecule has 0 spiro atoms. The summed E-state index contributed by atoms with van der Waals surface area (Å²) in [5.41, 5.74) is 1.62. The van der Waals surface area contributed by atoms with Crippen LogP contribution in [-0.4, -0.2) is 36.2 Å². The van der Waals surface area contributed by atoms with Crippen molar-refractivity contribution in [2.24, 2.45) is 5.92 Å². The van der Waals surface area contributed by atoms with Gasteiger partial charge < -0.3 is 5.11 Å². The molecule has 6 heteroatoms. The number of aliphatic hydroxyl groups excluding tert-OH is 1. The summed E-state index contributed by atoms with van der Waals surface area (Å²) in [5, 5.41) is 10.5. The molecule has 36 heavy (non-hydrogen) atoms. The number of fused-ring (bicyclic) bond motifs is 1.